The monoisotopic (exact) mass is 393 g/mol. The molecule has 0 radical (unpaired) electrons. The van der Waals surface area contributed by atoms with Crippen LogP contribution in [-0.2, 0) is 21.2 Å². The molecular formula is C18H20ClN3O3S. The quantitative estimate of drug-likeness (QED) is 0.797. The van der Waals surface area contributed by atoms with Crippen LogP contribution in [0.3, 0.4) is 0 Å². The van der Waals surface area contributed by atoms with E-state index in [4.69, 9.17) is 11.6 Å². The van der Waals surface area contributed by atoms with Crippen molar-refractivity contribution in [3.8, 4) is 0 Å². The average Bonchev–Trinajstić information content (AvgIpc) is 2.64. The molecule has 1 amide bonds. The number of hydrogen-bond donors (Lipinski definition) is 0. The second-order valence-electron chi connectivity index (χ2n) is 6.19. The summed E-state index contributed by atoms with van der Waals surface area (Å²) < 4.78 is 27.0. The number of pyridine rings is 1. The standard InChI is InChI=1S/C18H20ClN3O3S/c1-14-6-7-20-13-17(14)26(24,25)22-10-8-21(9-11-22)18(23)12-15-4-2-3-5-16(15)19/h2-7,13H,8-12H2,1H3. The highest BCUT2D eigenvalue weighted by Gasteiger charge is 2.31. The lowest BCUT2D eigenvalue weighted by atomic mass is 10.1. The maximum atomic E-state index is 12.8. The van der Waals surface area contributed by atoms with Crippen LogP contribution in [0.1, 0.15) is 11.1 Å². The summed E-state index contributed by atoms with van der Waals surface area (Å²) in [6.07, 6.45) is 3.16. The Labute approximate surface area is 158 Å². The Kier molecular flexibility index (Phi) is 5.60. The molecule has 3 rings (SSSR count). The second kappa shape index (κ2) is 7.73. The molecule has 1 fully saturated rings. The normalized spacial score (nSPS) is 15.8. The molecular weight excluding hydrogens is 374 g/mol. The van der Waals surface area contributed by atoms with E-state index in [0.717, 1.165) is 5.56 Å². The first-order chi connectivity index (χ1) is 12.4. The van der Waals surface area contributed by atoms with Crippen LogP contribution in [-0.4, -0.2) is 54.7 Å². The first-order valence-corrected chi connectivity index (χ1v) is 10.1. The van der Waals surface area contributed by atoms with Gasteiger partial charge in [-0.05, 0) is 30.2 Å². The molecule has 0 saturated carbocycles. The summed E-state index contributed by atoms with van der Waals surface area (Å²) in [4.78, 5) is 18.3. The van der Waals surface area contributed by atoms with Gasteiger partial charge < -0.3 is 4.90 Å². The number of nitrogens with zero attached hydrogens (tertiary/aromatic N) is 3. The fraction of sp³-hybridized carbons (Fsp3) is 0.333. The number of piperazine rings is 1. The lowest BCUT2D eigenvalue weighted by Gasteiger charge is -2.34. The SMILES string of the molecule is Cc1ccncc1S(=O)(=O)N1CCN(C(=O)Cc2ccccc2Cl)CC1. The number of benzene rings is 1. The Hall–Kier alpha value is -1.96. The minimum Gasteiger partial charge on any atom is -0.340 e. The van der Waals surface area contributed by atoms with Crippen molar-refractivity contribution in [3.05, 3.63) is 58.9 Å². The van der Waals surface area contributed by atoms with E-state index in [9.17, 15) is 13.2 Å². The Balaban J connectivity index is 1.65. The van der Waals surface area contributed by atoms with Gasteiger partial charge in [0.2, 0.25) is 15.9 Å². The first kappa shape index (κ1) is 18.8. The molecule has 8 heteroatoms. The van der Waals surface area contributed by atoms with Crippen LogP contribution >= 0.6 is 11.6 Å². The molecule has 1 aliphatic heterocycles. The first-order valence-electron chi connectivity index (χ1n) is 8.31. The van der Waals surface area contributed by atoms with Gasteiger partial charge in [0, 0.05) is 43.6 Å². The summed E-state index contributed by atoms with van der Waals surface area (Å²) in [5.41, 5.74) is 1.44. The largest absolute Gasteiger partial charge is 0.340 e. The number of carbonyl (C=O) groups excluding carboxylic acids is 1. The smallest absolute Gasteiger partial charge is 0.244 e. The van der Waals surface area contributed by atoms with E-state index in [1.807, 2.05) is 18.2 Å². The molecule has 1 aromatic carbocycles. The number of halogens is 1. The zero-order valence-corrected chi connectivity index (χ0v) is 16.0. The Morgan fingerprint density at radius 1 is 1.15 bits per heavy atom. The maximum Gasteiger partial charge on any atom is 0.244 e. The molecule has 1 aliphatic rings. The van der Waals surface area contributed by atoms with E-state index in [-0.39, 0.29) is 30.3 Å². The van der Waals surface area contributed by atoms with Crippen molar-refractivity contribution >= 4 is 27.5 Å². The van der Waals surface area contributed by atoms with E-state index in [1.54, 1.807) is 30.2 Å². The Morgan fingerprint density at radius 3 is 2.50 bits per heavy atom. The van der Waals surface area contributed by atoms with Crippen LogP contribution < -0.4 is 0 Å². The van der Waals surface area contributed by atoms with Crippen LogP contribution in [0, 0.1) is 6.92 Å². The van der Waals surface area contributed by atoms with Gasteiger partial charge in [-0.2, -0.15) is 4.31 Å². The van der Waals surface area contributed by atoms with Crippen molar-refractivity contribution in [1.29, 1.82) is 0 Å². The summed E-state index contributed by atoms with van der Waals surface area (Å²) >= 11 is 6.11. The molecule has 6 nitrogen and oxygen atoms in total. The van der Waals surface area contributed by atoms with E-state index in [2.05, 4.69) is 4.98 Å². The van der Waals surface area contributed by atoms with Gasteiger partial charge in [-0.3, -0.25) is 9.78 Å². The van der Waals surface area contributed by atoms with Gasteiger partial charge in [0.15, 0.2) is 0 Å². The summed E-state index contributed by atoms with van der Waals surface area (Å²) in [6, 6.07) is 8.92. The minimum absolute atomic E-state index is 0.0484. The van der Waals surface area contributed by atoms with Crippen molar-refractivity contribution in [2.24, 2.45) is 0 Å². The molecule has 0 atom stereocenters. The summed E-state index contributed by atoms with van der Waals surface area (Å²) in [6.45, 7) is 3.01. The van der Waals surface area contributed by atoms with Crippen molar-refractivity contribution in [2.45, 2.75) is 18.2 Å². The number of sulfonamides is 1. The molecule has 0 N–H and O–H groups in total. The zero-order chi connectivity index (χ0) is 18.7. The van der Waals surface area contributed by atoms with E-state index >= 15 is 0 Å². The van der Waals surface area contributed by atoms with Gasteiger partial charge in [-0.15, -0.1) is 0 Å². The Bertz CT molecular complexity index is 909. The number of aromatic nitrogens is 1. The molecule has 1 saturated heterocycles. The zero-order valence-electron chi connectivity index (χ0n) is 14.4. The fourth-order valence-corrected chi connectivity index (χ4v) is 4.75. The molecule has 0 bridgehead atoms. The van der Waals surface area contributed by atoms with Crippen molar-refractivity contribution in [2.75, 3.05) is 26.2 Å². The average molecular weight is 394 g/mol. The van der Waals surface area contributed by atoms with Gasteiger partial charge in [-0.1, -0.05) is 29.8 Å². The van der Waals surface area contributed by atoms with E-state index in [1.165, 1.54) is 10.5 Å². The molecule has 2 aromatic rings. The lowest BCUT2D eigenvalue weighted by Crippen LogP contribution is -2.51. The molecule has 0 unspecified atom stereocenters. The van der Waals surface area contributed by atoms with Crippen LogP contribution in [0.5, 0.6) is 0 Å². The number of aryl methyl sites for hydroxylation is 1. The summed E-state index contributed by atoms with van der Waals surface area (Å²) in [5.74, 6) is -0.0484. The highest BCUT2D eigenvalue weighted by Crippen LogP contribution is 2.21. The highest BCUT2D eigenvalue weighted by molar-refractivity contribution is 7.89. The molecule has 26 heavy (non-hydrogen) atoms. The molecule has 0 aliphatic carbocycles. The van der Waals surface area contributed by atoms with Gasteiger partial charge in [0.05, 0.1) is 6.42 Å². The fourth-order valence-electron chi connectivity index (χ4n) is 2.95. The number of amides is 1. The molecule has 1 aromatic heterocycles. The second-order valence-corrected chi connectivity index (χ2v) is 8.51. The third-order valence-electron chi connectivity index (χ3n) is 4.50. The minimum atomic E-state index is -3.60. The van der Waals surface area contributed by atoms with Crippen molar-refractivity contribution < 1.29 is 13.2 Å². The predicted octanol–water partition coefficient (Wildman–Crippen LogP) is 2.12. The van der Waals surface area contributed by atoms with E-state index in [0.29, 0.717) is 23.7 Å². The molecule has 2 heterocycles. The van der Waals surface area contributed by atoms with Gasteiger partial charge >= 0.3 is 0 Å². The number of rotatable bonds is 4. The van der Waals surface area contributed by atoms with Gasteiger partial charge in [0.25, 0.3) is 0 Å². The topological polar surface area (TPSA) is 70.6 Å². The van der Waals surface area contributed by atoms with Crippen molar-refractivity contribution in [1.82, 2.24) is 14.2 Å². The third-order valence-corrected chi connectivity index (χ3v) is 6.90. The van der Waals surface area contributed by atoms with Gasteiger partial charge in [-0.25, -0.2) is 8.42 Å². The number of carbonyl (C=O) groups is 1. The predicted molar refractivity (Wildman–Crippen MR) is 99.5 cm³/mol. The van der Waals surface area contributed by atoms with Crippen molar-refractivity contribution in [3.63, 3.8) is 0 Å². The highest BCUT2D eigenvalue weighted by atomic mass is 35.5. The third kappa shape index (κ3) is 3.90. The number of hydrogen-bond acceptors (Lipinski definition) is 4. The van der Waals surface area contributed by atoms with E-state index < -0.39 is 10.0 Å². The summed E-state index contributed by atoms with van der Waals surface area (Å²) in [7, 11) is -3.60. The Morgan fingerprint density at radius 2 is 1.85 bits per heavy atom. The summed E-state index contributed by atoms with van der Waals surface area (Å²) in [5, 5.41) is 0.564. The van der Waals surface area contributed by atoms with Crippen LogP contribution in [0.2, 0.25) is 5.02 Å². The lowest BCUT2D eigenvalue weighted by molar-refractivity contribution is -0.131. The molecule has 138 valence electrons. The maximum absolute atomic E-state index is 12.8. The molecule has 0 spiro atoms. The van der Waals surface area contributed by atoms with Crippen LogP contribution in [0.15, 0.2) is 47.6 Å². The van der Waals surface area contributed by atoms with Crippen LogP contribution in [0.4, 0.5) is 0 Å². The van der Waals surface area contributed by atoms with Gasteiger partial charge in [0.1, 0.15) is 4.90 Å². The van der Waals surface area contributed by atoms with Crippen LogP contribution in [0.25, 0.3) is 0 Å².